The van der Waals surface area contributed by atoms with E-state index in [1.165, 1.54) is 0 Å². The largest absolute Gasteiger partial charge is 0.461 e. The quantitative estimate of drug-likeness (QED) is 0.595. The van der Waals surface area contributed by atoms with Crippen LogP contribution in [0, 0.1) is 0 Å². The van der Waals surface area contributed by atoms with Gasteiger partial charge in [0.05, 0.1) is 12.6 Å². The van der Waals surface area contributed by atoms with E-state index >= 15 is 0 Å². The van der Waals surface area contributed by atoms with Gasteiger partial charge in [0.15, 0.2) is 0 Å². The highest BCUT2D eigenvalue weighted by Gasteiger charge is 2.07. The first kappa shape index (κ1) is 12.0. The number of nitrogen functional groups attached to an aromatic ring is 1. The predicted molar refractivity (Wildman–Crippen MR) is 57.7 cm³/mol. The van der Waals surface area contributed by atoms with E-state index in [1.54, 1.807) is 0 Å². The van der Waals surface area contributed by atoms with Crippen LogP contribution in [-0.4, -0.2) is 33.5 Å². The van der Waals surface area contributed by atoms with Gasteiger partial charge in [0.2, 0.25) is 17.8 Å². The molecule has 1 heterocycles. The predicted octanol–water partition coefficient (Wildman–Crippen LogP) is -0.862. The van der Waals surface area contributed by atoms with E-state index in [9.17, 15) is 4.79 Å². The molecule has 1 aromatic heterocycles. The van der Waals surface area contributed by atoms with Gasteiger partial charge in [-0.2, -0.15) is 15.0 Å². The molecule has 0 aliphatic carbocycles. The fraction of sp³-hybridized carbons (Fsp3) is 0.500. The lowest BCUT2D eigenvalue weighted by atomic mass is 10.5. The summed E-state index contributed by atoms with van der Waals surface area (Å²) in [7, 11) is 0. The number of aromatic nitrogens is 3. The Hall–Kier alpha value is -2.12. The van der Waals surface area contributed by atoms with Gasteiger partial charge in [-0.05, 0) is 13.8 Å². The zero-order valence-corrected chi connectivity index (χ0v) is 9.10. The van der Waals surface area contributed by atoms with Crippen LogP contribution in [-0.2, 0) is 4.79 Å². The Balaban J connectivity index is 2.77. The third-order valence-electron chi connectivity index (χ3n) is 1.39. The lowest BCUT2D eigenvalue weighted by Crippen LogP contribution is -2.23. The summed E-state index contributed by atoms with van der Waals surface area (Å²) in [6.07, 6.45) is -0.0780. The van der Waals surface area contributed by atoms with E-state index in [1.807, 2.05) is 13.8 Å². The lowest BCUT2D eigenvalue weighted by Gasteiger charge is -2.09. The number of rotatable bonds is 5. The van der Waals surface area contributed by atoms with Crippen molar-refractivity contribution >= 4 is 17.8 Å². The summed E-state index contributed by atoms with van der Waals surface area (Å²) in [5.41, 5.74) is 10.4. The summed E-state index contributed by atoms with van der Waals surface area (Å²) in [4.78, 5) is 22.0. The van der Waals surface area contributed by atoms with Gasteiger partial charge < -0.3 is 21.5 Å². The molecule has 0 aliphatic heterocycles. The van der Waals surface area contributed by atoms with Gasteiger partial charge in [0, 0.05) is 0 Å². The van der Waals surface area contributed by atoms with Crippen LogP contribution >= 0.6 is 0 Å². The van der Waals surface area contributed by atoms with E-state index in [4.69, 9.17) is 16.2 Å². The third kappa shape index (κ3) is 3.95. The first-order chi connectivity index (χ1) is 7.47. The van der Waals surface area contributed by atoms with Crippen molar-refractivity contribution in [2.75, 3.05) is 17.6 Å². The zero-order valence-electron chi connectivity index (χ0n) is 9.10. The smallest absolute Gasteiger partial charge is 0.323 e. The molecular weight excluding hydrogens is 212 g/mol. The topological polar surface area (TPSA) is 129 Å². The summed E-state index contributed by atoms with van der Waals surface area (Å²) in [6.45, 7) is 3.58. The Labute approximate surface area is 92.4 Å². The van der Waals surface area contributed by atoms with Gasteiger partial charge in [0.25, 0.3) is 0 Å². The second-order valence-corrected chi connectivity index (χ2v) is 3.29. The number of hydrogen-bond donors (Lipinski definition) is 3. The number of carbonyl (C=O) groups is 1. The molecule has 5 N–H and O–H groups in total. The minimum absolute atomic E-state index is 0.0117. The van der Waals surface area contributed by atoms with Crippen LogP contribution in [0.4, 0.5) is 11.9 Å². The molecule has 16 heavy (non-hydrogen) atoms. The van der Waals surface area contributed by atoms with Gasteiger partial charge in [-0.25, -0.2) is 0 Å². The molecule has 1 aromatic rings. The first-order valence-corrected chi connectivity index (χ1v) is 4.67. The molecule has 0 aromatic carbocycles. The van der Waals surface area contributed by atoms with Crippen LogP contribution in [0.15, 0.2) is 0 Å². The van der Waals surface area contributed by atoms with Crippen molar-refractivity contribution in [1.82, 2.24) is 15.0 Å². The van der Waals surface area contributed by atoms with Gasteiger partial charge in [-0.15, -0.1) is 0 Å². The average Bonchev–Trinajstić information content (AvgIpc) is 2.12. The van der Waals surface area contributed by atoms with E-state index in [0.717, 1.165) is 0 Å². The SMILES string of the molecule is CC(C)Oc1nc(N)nc(NCC(N)=O)n1. The Kier molecular flexibility index (Phi) is 3.81. The minimum atomic E-state index is -0.523. The molecule has 0 radical (unpaired) electrons. The van der Waals surface area contributed by atoms with Crippen LogP contribution in [0.5, 0.6) is 6.01 Å². The summed E-state index contributed by atoms with van der Waals surface area (Å²) in [5, 5.41) is 2.60. The van der Waals surface area contributed by atoms with Gasteiger partial charge >= 0.3 is 6.01 Å². The number of nitrogens with two attached hydrogens (primary N) is 2. The van der Waals surface area contributed by atoms with E-state index in [0.29, 0.717) is 0 Å². The molecule has 0 bridgehead atoms. The fourth-order valence-electron chi connectivity index (χ4n) is 0.881. The maximum atomic E-state index is 10.5. The molecular formula is C8H14N6O2. The maximum absolute atomic E-state index is 10.5. The highest BCUT2D eigenvalue weighted by Crippen LogP contribution is 2.09. The van der Waals surface area contributed by atoms with E-state index in [2.05, 4.69) is 20.3 Å². The Morgan fingerprint density at radius 3 is 2.69 bits per heavy atom. The summed E-state index contributed by atoms with van der Waals surface area (Å²) in [5.74, 6) is -0.357. The number of nitrogens with zero attached hydrogens (tertiary/aromatic N) is 3. The van der Waals surface area contributed by atoms with Crippen molar-refractivity contribution < 1.29 is 9.53 Å². The van der Waals surface area contributed by atoms with Crippen LogP contribution in [0.25, 0.3) is 0 Å². The molecule has 1 amide bonds. The number of ether oxygens (including phenoxy) is 1. The van der Waals surface area contributed by atoms with Crippen LogP contribution in [0.1, 0.15) is 13.8 Å². The molecule has 8 nitrogen and oxygen atoms in total. The molecule has 0 aliphatic rings. The third-order valence-corrected chi connectivity index (χ3v) is 1.39. The molecule has 88 valence electrons. The van der Waals surface area contributed by atoms with Crippen molar-refractivity contribution in [3.05, 3.63) is 0 Å². The normalized spacial score (nSPS) is 10.2. The maximum Gasteiger partial charge on any atom is 0.323 e. The number of carbonyl (C=O) groups excluding carboxylic acids is 1. The molecule has 0 unspecified atom stereocenters. The number of hydrogen-bond acceptors (Lipinski definition) is 7. The van der Waals surface area contributed by atoms with Crippen molar-refractivity contribution in [3.8, 4) is 6.01 Å². The Bertz CT molecular complexity index is 381. The van der Waals surface area contributed by atoms with Crippen molar-refractivity contribution in [1.29, 1.82) is 0 Å². The molecule has 1 rings (SSSR count). The standard InChI is InChI=1S/C8H14N6O2/c1-4(2)16-8-13-6(10)12-7(14-8)11-3-5(9)15/h4H,3H2,1-2H3,(H2,9,15)(H3,10,11,12,13,14). The van der Waals surface area contributed by atoms with E-state index in [-0.39, 0.29) is 30.6 Å². The number of amides is 1. The van der Waals surface area contributed by atoms with Crippen molar-refractivity contribution in [2.45, 2.75) is 20.0 Å². The number of primary amides is 1. The second kappa shape index (κ2) is 5.10. The minimum Gasteiger partial charge on any atom is -0.461 e. The first-order valence-electron chi connectivity index (χ1n) is 4.67. The monoisotopic (exact) mass is 226 g/mol. The molecule has 0 fully saturated rings. The summed E-state index contributed by atoms with van der Waals surface area (Å²) >= 11 is 0. The van der Waals surface area contributed by atoms with Gasteiger partial charge in [-0.1, -0.05) is 0 Å². The van der Waals surface area contributed by atoms with Crippen molar-refractivity contribution in [3.63, 3.8) is 0 Å². The molecule has 0 saturated carbocycles. The van der Waals surface area contributed by atoms with Crippen LogP contribution in [0.2, 0.25) is 0 Å². The van der Waals surface area contributed by atoms with E-state index < -0.39 is 5.91 Å². The molecule has 8 heteroatoms. The molecule has 0 atom stereocenters. The Morgan fingerprint density at radius 1 is 1.44 bits per heavy atom. The highest BCUT2D eigenvalue weighted by atomic mass is 16.5. The number of nitrogens with one attached hydrogen (secondary N) is 1. The van der Waals surface area contributed by atoms with Crippen LogP contribution < -0.4 is 21.5 Å². The Morgan fingerprint density at radius 2 is 2.12 bits per heavy atom. The average molecular weight is 226 g/mol. The van der Waals surface area contributed by atoms with Gasteiger partial charge in [0.1, 0.15) is 0 Å². The molecule has 0 saturated heterocycles. The fourth-order valence-corrected chi connectivity index (χ4v) is 0.881. The highest BCUT2D eigenvalue weighted by molar-refractivity contribution is 5.78. The van der Waals surface area contributed by atoms with Gasteiger partial charge in [-0.3, -0.25) is 4.79 Å². The number of anilines is 2. The van der Waals surface area contributed by atoms with Crippen LogP contribution in [0.3, 0.4) is 0 Å². The summed E-state index contributed by atoms with van der Waals surface area (Å²) in [6, 6.07) is 0.106. The zero-order chi connectivity index (χ0) is 12.1. The molecule has 0 spiro atoms. The summed E-state index contributed by atoms with van der Waals surface area (Å²) < 4.78 is 5.24. The lowest BCUT2D eigenvalue weighted by molar-refractivity contribution is -0.116. The van der Waals surface area contributed by atoms with Crippen molar-refractivity contribution in [2.24, 2.45) is 5.73 Å². The second-order valence-electron chi connectivity index (χ2n) is 3.29.